The molecule has 0 aliphatic carbocycles. The second-order valence-electron chi connectivity index (χ2n) is 3.67. The highest BCUT2D eigenvalue weighted by Crippen LogP contribution is 2.32. The summed E-state index contributed by atoms with van der Waals surface area (Å²) in [6.07, 6.45) is -2.80. The number of aliphatic hydroxyl groups excluding tert-OH is 1. The van der Waals surface area contributed by atoms with Crippen LogP contribution in [0.4, 0.5) is 8.78 Å². The maximum absolute atomic E-state index is 12.2. The van der Waals surface area contributed by atoms with Crippen molar-refractivity contribution in [1.29, 1.82) is 0 Å². The first-order chi connectivity index (χ1) is 8.71. The van der Waals surface area contributed by atoms with Crippen LogP contribution in [0.1, 0.15) is 5.56 Å². The summed E-state index contributed by atoms with van der Waals surface area (Å²) in [6, 6.07) is 2.35. The highest BCUT2D eigenvalue weighted by atomic mass is 35.5. The number of rotatable bonds is 5. The van der Waals surface area contributed by atoms with Crippen LogP contribution in [0.15, 0.2) is 17.0 Å². The van der Waals surface area contributed by atoms with Crippen LogP contribution >= 0.6 is 23.2 Å². The zero-order valence-corrected chi connectivity index (χ0v) is 12.1. The average Bonchev–Trinajstić information content (AvgIpc) is 2.28. The molecule has 0 fully saturated rings. The Morgan fingerprint density at radius 1 is 1.37 bits per heavy atom. The maximum Gasteiger partial charge on any atom is 0.252 e. The standard InChI is InChI=1S/C10H11Cl2F2NO3S/c1-15(4-9(13)14)19(17,18)8-3-2-7(11)6(5-16)10(8)12/h2-3,9,16H,4-5H2,1H3. The topological polar surface area (TPSA) is 57.6 Å². The normalized spacial score (nSPS) is 12.4. The summed E-state index contributed by atoms with van der Waals surface area (Å²) in [6.45, 7) is -1.50. The molecule has 9 heteroatoms. The van der Waals surface area contributed by atoms with Crippen LogP contribution in [0.5, 0.6) is 0 Å². The number of halogens is 4. The van der Waals surface area contributed by atoms with Crippen molar-refractivity contribution in [2.45, 2.75) is 17.9 Å². The molecule has 0 aliphatic heterocycles. The molecular weight excluding hydrogens is 323 g/mol. The van der Waals surface area contributed by atoms with Crippen molar-refractivity contribution in [2.75, 3.05) is 13.6 Å². The van der Waals surface area contributed by atoms with E-state index >= 15 is 0 Å². The molecule has 1 N–H and O–H groups in total. The van der Waals surface area contributed by atoms with Crippen molar-refractivity contribution < 1.29 is 22.3 Å². The van der Waals surface area contributed by atoms with E-state index in [1.165, 1.54) is 6.07 Å². The van der Waals surface area contributed by atoms with Crippen molar-refractivity contribution in [3.05, 3.63) is 27.7 Å². The molecule has 19 heavy (non-hydrogen) atoms. The predicted octanol–water partition coefficient (Wildman–Crippen LogP) is 2.37. The number of alkyl halides is 2. The second kappa shape index (κ2) is 6.32. The average molecular weight is 334 g/mol. The van der Waals surface area contributed by atoms with Crippen molar-refractivity contribution >= 4 is 33.2 Å². The summed E-state index contributed by atoms with van der Waals surface area (Å²) in [4.78, 5) is -0.370. The first-order valence-corrected chi connectivity index (χ1v) is 7.23. The number of aliphatic hydroxyl groups is 1. The Bertz CT molecular complexity index is 566. The lowest BCUT2D eigenvalue weighted by Crippen LogP contribution is -2.31. The van der Waals surface area contributed by atoms with Crippen LogP contribution in [0, 0.1) is 0 Å². The zero-order valence-electron chi connectivity index (χ0n) is 9.78. The Kier molecular flexibility index (Phi) is 5.52. The summed E-state index contributed by atoms with van der Waals surface area (Å²) in [5.74, 6) is 0. The maximum atomic E-state index is 12.2. The van der Waals surface area contributed by atoms with Crippen LogP contribution in [-0.2, 0) is 16.6 Å². The third-order valence-corrected chi connectivity index (χ3v) is 5.16. The molecule has 0 saturated carbocycles. The molecule has 1 rings (SSSR count). The highest BCUT2D eigenvalue weighted by Gasteiger charge is 2.27. The lowest BCUT2D eigenvalue weighted by atomic mass is 10.2. The van der Waals surface area contributed by atoms with Crippen molar-refractivity contribution in [3.8, 4) is 0 Å². The number of nitrogens with zero attached hydrogens (tertiary/aromatic N) is 1. The summed E-state index contributed by atoms with van der Waals surface area (Å²) in [7, 11) is -3.14. The van der Waals surface area contributed by atoms with Gasteiger partial charge in [0.1, 0.15) is 4.90 Å². The first kappa shape index (κ1) is 16.6. The largest absolute Gasteiger partial charge is 0.392 e. The minimum absolute atomic E-state index is 0.0369. The molecule has 0 aliphatic rings. The SMILES string of the molecule is CN(CC(F)F)S(=O)(=O)c1ccc(Cl)c(CO)c1Cl. The van der Waals surface area contributed by atoms with E-state index in [1.807, 2.05) is 0 Å². The lowest BCUT2D eigenvalue weighted by molar-refractivity contribution is 0.126. The van der Waals surface area contributed by atoms with Gasteiger partial charge in [-0.15, -0.1) is 0 Å². The fourth-order valence-corrected chi connectivity index (χ4v) is 3.40. The van der Waals surface area contributed by atoms with Gasteiger partial charge in [0.25, 0.3) is 6.43 Å². The van der Waals surface area contributed by atoms with E-state index in [4.69, 9.17) is 28.3 Å². The smallest absolute Gasteiger partial charge is 0.252 e. The summed E-state index contributed by atoms with van der Waals surface area (Å²) >= 11 is 11.6. The van der Waals surface area contributed by atoms with Gasteiger partial charge < -0.3 is 5.11 Å². The quantitative estimate of drug-likeness (QED) is 0.899. The molecule has 0 saturated heterocycles. The number of sulfonamides is 1. The molecular formula is C10H11Cl2F2NO3S. The summed E-state index contributed by atoms with van der Waals surface area (Å²) in [5.41, 5.74) is 0.0369. The third-order valence-electron chi connectivity index (χ3n) is 2.39. The Balaban J connectivity index is 3.30. The van der Waals surface area contributed by atoms with Gasteiger partial charge in [0.05, 0.1) is 18.2 Å². The van der Waals surface area contributed by atoms with E-state index in [9.17, 15) is 17.2 Å². The third kappa shape index (κ3) is 3.55. The van der Waals surface area contributed by atoms with E-state index < -0.39 is 29.6 Å². The van der Waals surface area contributed by atoms with Gasteiger partial charge in [0, 0.05) is 17.6 Å². The predicted molar refractivity (Wildman–Crippen MR) is 68.2 cm³/mol. The molecule has 108 valence electrons. The van der Waals surface area contributed by atoms with E-state index in [-0.39, 0.29) is 20.5 Å². The van der Waals surface area contributed by atoms with E-state index in [0.717, 1.165) is 13.1 Å². The van der Waals surface area contributed by atoms with Crippen molar-refractivity contribution in [2.24, 2.45) is 0 Å². The fraction of sp³-hybridized carbons (Fsp3) is 0.400. The minimum atomic E-state index is -4.16. The van der Waals surface area contributed by atoms with Crippen LogP contribution < -0.4 is 0 Å². The highest BCUT2D eigenvalue weighted by molar-refractivity contribution is 7.89. The lowest BCUT2D eigenvalue weighted by Gasteiger charge is -2.18. The molecule has 1 aromatic carbocycles. The van der Waals surface area contributed by atoms with Gasteiger partial charge in [-0.05, 0) is 12.1 Å². The van der Waals surface area contributed by atoms with Gasteiger partial charge in [0.15, 0.2) is 0 Å². The van der Waals surface area contributed by atoms with Gasteiger partial charge in [-0.25, -0.2) is 17.2 Å². The van der Waals surface area contributed by atoms with Crippen LogP contribution in [0.25, 0.3) is 0 Å². The molecule has 0 amide bonds. The Morgan fingerprint density at radius 3 is 2.42 bits per heavy atom. The minimum Gasteiger partial charge on any atom is -0.392 e. The van der Waals surface area contributed by atoms with Gasteiger partial charge in [0.2, 0.25) is 10.0 Å². The van der Waals surface area contributed by atoms with Gasteiger partial charge >= 0.3 is 0 Å². The summed E-state index contributed by atoms with van der Waals surface area (Å²) < 4.78 is 49.1. The van der Waals surface area contributed by atoms with Crippen molar-refractivity contribution in [1.82, 2.24) is 4.31 Å². The Morgan fingerprint density at radius 2 is 1.95 bits per heavy atom. The van der Waals surface area contributed by atoms with Crippen molar-refractivity contribution in [3.63, 3.8) is 0 Å². The Hall–Kier alpha value is -0.470. The number of benzene rings is 1. The van der Waals surface area contributed by atoms with E-state index in [1.54, 1.807) is 0 Å². The molecule has 0 bridgehead atoms. The monoisotopic (exact) mass is 333 g/mol. The van der Waals surface area contributed by atoms with Gasteiger partial charge in [-0.3, -0.25) is 0 Å². The van der Waals surface area contributed by atoms with E-state index in [2.05, 4.69) is 0 Å². The van der Waals surface area contributed by atoms with Gasteiger partial charge in [-0.2, -0.15) is 4.31 Å². The molecule has 0 spiro atoms. The molecule has 0 heterocycles. The molecule has 0 atom stereocenters. The van der Waals surface area contributed by atoms with Gasteiger partial charge in [-0.1, -0.05) is 23.2 Å². The fourth-order valence-electron chi connectivity index (χ4n) is 1.38. The molecule has 4 nitrogen and oxygen atoms in total. The molecule has 0 unspecified atom stereocenters. The van der Waals surface area contributed by atoms with Crippen LogP contribution in [0.3, 0.4) is 0 Å². The van der Waals surface area contributed by atoms with Crippen LogP contribution in [0.2, 0.25) is 10.0 Å². The molecule has 0 radical (unpaired) electrons. The Labute approximate surface area is 119 Å². The second-order valence-corrected chi connectivity index (χ2v) is 6.47. The van der Waals surface area contributed by atoms with E-state index in [0.29, 0.717) is 4.31 Å². The van der Waals surface area contributed by atoms with Crippen LogP contribution in [-0.4, -0.2) is 37.8 Å². The molecule has 1 aromatic rings. The first-order valence-electron chi connectivity index (χ1n) is 5.04. The number of hydrogen-bond acceptors (Lipinski definition) is 3. The number of hydrogen-bond donors (Lipinski definition) is 1. The molecule has 0 aromatic heterocycles. The zero-order chi connectivity index (χ0) is 14.8. The summed E-state index contributed by atoms with van der Waals surface area (Å²) in [5, 5.41) is 8.91.